The Labute approximate surface area is 105 Å². The number of hydrogen-bond acceptors (Lipinski definition) is 2. The lowest BCUT2D eigenvalue weighted by molar-refractivity contribution is 0.0920. The van der Waals surface area contributed by atoms with Crippen LogP contribution >= 0.6 is 15.9 Å². The summed E-state index contributed by atoms with van der Waals surface area (Å²) in [7, 11) is 1.84. The summed E-state index contributed by atoms with van der Waals surface area (Å²) in [6.07, 6.45) is 0. The van der Waals surface area contributed by atoms with Crippen molar-refractivity contribution in [3.05, 3.63) is 17.0 Å². The molecule has 1 amide bonds. The molecule has 4 nitrogen and oxygen atoms in total. The van der Waals surface area contributed by atoms with Crippen LogP contribution in [0, 0.1) is 13.8 Å². The minimum atomic E-state index is -0.258. The quantitative estimate of drug-likeness (QED) is 0.864. The molecule has 1 aromatic heterocycles. The van der Waals surface area contributed by atoms with Gasteiger partial charge in [-0.1, -0.05) is 15.9 Å². The van der Waals surface area contributed by atoms with Crippen molar-refractivity contribution in [1.29, 1.82) is 0 Å². The molecule has 0 saturated carbocycles. The summed E-state index contributed by atoms with van der Waals surface area (Å²) < 4.78 is 1.73. The number of aryl methyl sites for hydroxylation is 2. The molecule has 0 aliphatic carbocycles. The Kier molecular flexibility index (Phi) is 3.78. The molecular formula is C11H18BrN3O. The van der Waals surface area contributed by atoms with E-state index in [1.807, 2.05) is 34.7 Å². The Bertz CT molecular complexity index is 410. The van der Waals surface area contributed by atoms with Gasteiger partial charge in [0, 0.05) is 23.6 Å². The van der Waals surface area contributed by atoms with Gasteiger partial charge in [0.25, 0.3) is 5.91 Å². The molecule has 5 heteroatoms. The van der Waals surface area contributed by atoms with Crippen molar-refractivity contribution in [1.82, 2.24) is 15.1 Å². The van der Waals surface area contributed by atoms with Gasteiger partial charge in [-0.15, -0.1) is 0 Å². The summed E-state index contributed by atoms with van der Waals surface area (Å²) in [6.45, 7) is 7.69. The number of alkyl halides is 1. The van der Waals surface area contributed by atoms with E-state index in [0.29, 0.717) is 10.9 Å². The minimum Gasteiger partial charge on any atom is -0.346 e. The highest BCUT2D eigenvalue weighted by molar-refractivity contribution is 9.09. The lowest BCUT2D eigenvalue weighted by atomic mass is 10.1. The summed E-state index contributed by atoms with van der Waals surface area (Å²) >= 11 is 3.38. The maximum atomic E-state index is 12.1. The van der Waals surface area contributed by atoms with Crippen LogP contribution < -0.4 is 5.32 Å². The summed E-state index contributed by atoms with van der Waals surface area (Å²) in [5.74, 6) is -0.0625. The van der Waals surface area contributed by atoms with Crippen molar-refractivity contribution in [2.75, 3.05) is 5.33 Å². The molecule has 0 radical (unpaired) electrons. The van der Waals surface area contributed by atoms with E-state index in [1.54, 1.807) is 4.68 Å². The molecule has 0 spiro atoms. The zero-order chi connectivity index (χ0) is 12.5. The van der Waals surface area contributed by atoms with Crippen LogP contribution in [0.4, 0.5) is 0 Å². The smallest absolute Gasteiger partial charge is 0.255 e. The van der Waals surface area contributed by atoms with Crippen LogP contribution in [-0.2, 0) is 7.05 Å². The normalized spacial score (nSPS) is 11.6. The lowest BCUT2D eigenvalue weighted by Crippen LogP contribution is -2.45. The second-order valence-electron chi connectivity index (χ2n) is 4.64. The first-order chi connectivity index (χ1) is 7.28. The number of rotatable bonds is 3. The first-order valence-corrected chi connectivity index (χ1v) is 6.29. The number of amides is 1. The van der Waals surface area contributed by atoms with Crippen molar-refractivity contribution >= 4 is 21.8 Å². The molecule has 1 heterocycles. The second-order valence-corrected chi connectivity index (χ2v) is 5.20. The number of carbonyl (C=O) groups excluding carboxylic acids is 1. The van der Waals surface area contributed by atoms with Crippen LogP contribution in [0.15, 0.2) is 0 Å². The lowest BCUT2D eigenvalue weighted by Gasteiger charge is -2.23. The monoisotopic (exact) mass is 287 g/mol. The molecule has 1 N–H and O–H groups in total. The molecule has 0 fully saturated rings. The van der Waals surface area contributed by atoms with Crippen molar-refractivity contribution in [3.8, 4) is 0 Å². The van der Waals surface area contributed by atoms with Crippen LogP contribution in [0.5, 0.6) is 0 Å². The highest BCUT2D eigenvalue weighted by atomic mass is 79.9. The van der Waals surface area contributed by atoms with Crippen molar-refractivity contribution < 1.29 is 4.79 Å². The van der Waals surface area contributed by atoms with E-state index in [1.165, 1.54) is 0 Å². The van der Waals surface area contributed by atoms with E-state index in [-0.39, 0.29) is 11.4 Å². The van der Waals surface area contributed by atoms with Crippen LogP contribution in [0.3, 0.4) is 0 Å². The van der Waals surface area contributed by atoms with Crippen molar-refractivity contribution in [3.63, 3.8) is 0 Å². The Morgan fingerprint density at radius 3 is 2.44 bits per heavy atom. The third-order valence-corrected chi connectivity index (χ3v) is 3.92. The van der Waals surface area contributed by atoms with Gasteiger partial charge in [0.2, 0.25) is 0 Å². The van der Waals surface area contributed by atoms with Gasteiger partial charge in [-0.2, -0.15) is 5.10 Å². The molecule has 0 aliphatic heterocycles. The number of halogens is 1. The van der Waals surface area contributed by atoms with Gasteiger partial charge in [0.1, 0.15) is 0 Å². The predicted octanol–water partition coefficient (Wildman–Crippen LogP) is 1.94. The number of carbonyl (C=O) groups is 1. The average molecular weight is 288 g/mol. The fourth-order valence-electron chi connectivity index (χ4n) is 1.51. The summed E-state index contributed by atoms with van der Waals surface area (Å²) in [6, 6.07) is 0. The van der Waals surface area contributed by atoms with Gasteiger partial charge < -0.3 is 5.32 Å². The molecule has 16 heavy (non-hydrogen) atoms. The predicted molar refractivity (Wildman–Crippen MR) is 68.0 cm³/mol. The zero-order valence-electron chi connectivity index (χ0n) is 10.4. The van der Waals surface area contributed by atoms with E-state index in [4.69, 9.17) is 0 Å². The first-order valence-electron chi connectivity index (χ1n) is 5.17. The topological polar surface area (TPSA) is 46.9 Å². The van der Waals surface area contributed by atoms with Gasteiger partial charge in [-0.25, -0.2) is 0 Å². The van der Waals surface area contributed by atoms with Gasteiger partial charge in [0.05, 0.1) is 11.3 Å². The summed E-state index contributed by atoms with van der Waals surface area (Å²) in [4.78, 5) is 12.1. The maximum Gasteiger partial charge on any atom is 0.255 e. The molecule has 90 valence electrons. The van der Waals surface area contributed by atoms with Crippen LogP contribution in [-0.4, -0.2) is 26.6 Å². The van der Waals surface area contributed by atoms with Crippen molar-refractivity contribution in [2.24, 2.45) is 7.05 Å². The Morgan fingerprint density at radius 1 is 1.50 bits per heavy atom. The molecule has 1 rings (SSSR count). The van der Waals surface area contributed by atoms with Crippen molar-refractivity contribution in [2.45, 2.75) is 33.2 Å². The fraction of sp³-hybridized carbons (Fsp3) is 0.636. The van der Waals surface area contributed by atoms with E-state index in [0.717, 1.165) is 11.4 Å². The molecule has 0 aromatic carbocycles. The number of nitrogens with one attached hydrogen (secondary N) is 1. The van der Waals surface area contributed by atoms with Gasteiger partial charge in [0.15, 0.2) is 0 Å². The number of nitrogens with zero attached hydrogens (tertiary/aromatic N) is 2. The third-order valence-electron chi connectivity index (χ3n) is 2.52. The Hall–Kier alpha value is -0.840. The molecule has 0 atom stereocenters. The van der Waals surface area contributed by atoms with Crippen LogP contribution in [0.1, 0.15) is 35.6 Å². The molecule has 0 unspecified atom stereocenters. The second kappa shape index (κ2) is 4.57. The molecular weight excluding hydrogens is 270 g/mol. The molecule has 0 aliphatic rings. The van der Waals surface area contributed by atoms with Crippen LogP contribution in [0.2, 0.25) is 0 Å². The standard InChI is InChI=1S/C11H18BrN3O/c1-7-9(8(2)15(5)14-7)10(16)13-11(3,4)6-12/h6H2,1-5H3,(H,13,16). The summed E-state index contributed by atoms with van der Waals surface area (Å²) in [5.41, 5.74) is 2.07. The highest BCUT2D eigenvalue weighted by Crippen LogP contribution is 2.14. The SMILES string of the molecule is Cc1nn(C)c(C)c1C(=O)NC(C)(C)CBr. The zero-order valence-corrected chi connectivity index (χ0v) is 12.0. The summed E-state index contributed by atoms with van der Waals surface area (Å²) in [5, 5.41) is 7.92. The average Bonchev–Trinajstić information content (AvgIpc) is 2.40. The third kappa shape index (κ3) is 2.64. The fourth-order valence-corrected chi connectivity index (χ4v) is 1.65. The van der Waals surface area contributed by atoms with E-state index in [2.05, 4.69) is 26.3 Å². The molecule has 0 saturated heterocycles. The minimum absolute atomic E-state index is 0.0625. The number of aromatic nitrogens is 2. The Balaban J connectivity index is 2.98. The first kappa shape index (κ1) is 13.2. The highest BCUT2D eigenvalue weighted by Gasteiger charge is 2.23. The maximum absolute atomic E-state index is 12.1. The molecule has 1 aromatic rings. The molecule has 0 bridgehead atoms. The van der Waals surface area contributed by atoms with Gasteiger partial charge in [-0.05, 0) is 27.7 Å². The van der Waals surface area contributed by atoms with E-state index in [9.17, 15) is 4.79 Å². The van der Waals surface area contributed by atoms with E-state index < -0.39 is 0 Å². The van der Waals surface area contributed by atoms with Gasteiger partial charge >= 0.3 is 0 Å². The largest absolute Gasteiger partial charge is 0.346 e. The van der Waals surface area contributed by atoms with Gasteiger partial charge in [-0.3, -0.25) is 9.48 Å². The van der Waals surface area contributed by atoms with Crippen LogP contribution in [0.25, 0.3) is 0 Å². The number of hydrogen-bond donors (Lipinski definition) is 1. The Morgan fingerprint density at radius 2 is 2.06 bits per heavy atom. The van der Waals surface area contributed by atoms with E-state index >= 15 is 0 Å².